The Bertz CT molecular complexity index is 420. The quantitative estimate of drug-likeness (QED) is 0.809. The van der Waals surface area contributed by atoms with Gasteiger partial charge in [0.15, 0.2) is 0 Å². The number of fused-ring (bicyclic) bond motifs is 1. The molecule has 92 valence electrons. The van der Waals surface area contributed by atoms with E-state index in [1.807, 2.05) is 6.92 Å². The molecule has 1 aliphatic heterocycles. The summed E-state index contributed by atoms with van der Waals surface area (Å²) < 4.78 is 18.6. The smallest absolute Gasteiger partial charge is 0.227 e. The maximum atomic E-state index is 13.2. The van der Waals surface area contributed by atoms with Gasteiger partial charge < -0.3 is 9.64 Å². The van der Waals surface area contributed by atoms with Crippen LogP contribution in [0, 0.1) is 5.82 Å². The van der Waals surface area contributed by atoms with E-state index in [1.165, 1.54) is 12.1 Å². The number of ether oxygens (including phenoxy) is 1. The van der Waals surface area contributed by atoms with Crippen molar-refractivity contribution in [2.75, 3.05) is 18.1 Å². The molecule has 1 aromatic carbocycles. The van der Waals surface area contributed by atoms with Crippen molar-refractivity contribution in [3.8, 4) is 5.75 Å². The van der Waals surface area contributed by atoms with Crippen molar-refractivity contribution in [2.24, 2.45) is 0 Å². The monoisotopic (exact) mass is 237 g/mol. The summed E-state index contributed by atoms with van der Waals surface area (Å²) in [5.41, 5.74) is 0.553. The minimum atomic E-state index is -0.345. The van der Waals surface area contributed by atoms with Gasteiger partial charge in [0, 0.05) is 12.5 Å². The Morgan fingerprint density at radius 3 is 3.12 bits per heavy atom. The lowest BCUT2D eigenvalue weighted by Gasteiger charge is -2.29. The molecular formula is C13H16FNO2. The lowest BCUT2D eigenvalue weighted by molar-refractivity contribution is -0.119. The highest BCUT2D eigenvalue weighted by Gasteiger charge is 2.23. The van der Waals surface area contributed by atoms with Gasteiger partial charge in [-0.1, -0.05) is 13.3 Å². The van der Waals surface area contributed by atoms with Gasteiger partial charge in [-0.05, 0) is 18.6 Å². The molecule has 1 aromatic rings. The Kier molecular flexibility index (Phi) is 3.61. The average Bonchev–Trinajstić information content (AvgIpc) is 2.35. The van der Waals surface area contributed by atoms with Crippen molar-refractivity contribution in [3.63, 3.8) is 0 Å². The maximum absolute atomic E-state index is 13.2. The summed E-state index contributed by atoms with van der Waals surface area (Å²) >= 11 is 0. The summed E-state index contributed by atoms with van der Waals surface area (Å²) in [6.45, 7) is 3.01. The number of unbranched alkanes of at least 4 members (excludes halogenated alkanes) is 1. The van der Waals surface area contributed by atoms with Gasteiger partial charge in [-0.3, -0.25) is 4.79 Å². The van der Waals surface area contributed by atoms with Crippen LogP contribution in [0.3, 0.4) is 0 Å². The Hall–Kier alpha value is -1.58. The third-order valence-electron chi connectivity index (χ3n) is 2.83. The summed E-state index contributed by atoms with van der Waals surface area (Å²) in [7, 11) is 0. The molecule has 0 aromatic heterocycles. The van der Waals surface area contributed by atoms with Crippen LogP contribution in [-0.4, -0.2) is 19.1 Å². The average molecular weight is 237 g/mol. The molecule has 1 heterocycles. The van der Waals surface area contributed by atoms with Crippen molar-refractivity contribution in [1.29, 1.82) is 0 Å². The molecule has 0 spiro atoms. The topological polar surface area (TPSA) is 29.5 Å². The Morgan fingerprint density at radius 1 is 1.53 bits per heavy atom. The fourth-order valence-corrected chi connectivity index (χ4v) is 1.91. The second kappa shape index (κ2) is 5.17. The lowest BCUT2D eigenvalue weighted by Crippen LogP contribution is -2.37. The molecule has 0 aliphatic carbocycles. The summed E-state index contributed by atoms with van der Waals surface area (Å²) in [6, 6.07) is 4.28. The minimum absolute atomic E-state index is 0.0435. The number of nitrogens with zero attached hydrogens (tertiary/aromatic N) is 1. The number of carbonyl (C=O) groups excluding carboxylic acids is 1. The molecule has 0 fully saturated rings. The first-order chi connectivity index (χ1) is 8.22. The summed E-state index contributed by atoms with van der Waals surface area (Å²) in [4.78, 5) is 13.6. The van der Waals surface area contributed by atoms with Crippen LogP contribution in [-0.2, 0) is 4.79 Å². The molecule has 0 saturated carbocycles. The van der Waals surface area contributed by atoms with Crippen molar-refractivity contribution < 1.29 is 13.9 Å². The molecule has 1 aliphatic rings. The van der Waals surface area contributed by atoms with Crippen LogP contribution >= 0.6 is 0 Å². The highest BCUT2D eigenvalue weighted by Crippen LogP contribution is 2.32. The van der Waals surface area contributed by atoms with E-state index in [0.717, 1.165) is 12.8 Å². The minimum Gasteiger partial charge on any atom is -0.490 e. The zero-order valence-corrected chi connectivity index (χ0v) is 9.91. The van der Waals surface area contributed by atoms with Crippen molar-refractivity contribution >= 4 is 11.6 Å². The Labute approximate surface area is 100 Å². The first kappa shape index (κ1) is 11.9. The molecule has 0 N–H and O–H groups in total. The van der Waals surface area contributed by atoms with Crippen molar-refractivity contribution in [1.82, 2.24) is 0 Å². The normalized spacial score (nSPS) is 14.1. The van der Waals surface area contributed by atoms with E-state index in [0.29, 0.717) is 31.0 Å². The first-order valence-corrected chi connectivity index (χ1v) is 5.95. The van der Waals surface area contributed by atoms with E-state index in [1.54, 1.807) is 11.0 Å². The van der Waals surface area contributed by atoms with E-state index < -0.39 is 0 Å². The number of anilines is 1. The van der Waals surface area contributed by atoms with Crippen molar-refractivity contribution in [3.05, 3.63) is 24.0 Å². The molecule has 0 radical (unpaired) electrons. The fraction of sp³-hybridized carbons (Fsp3) is 0.462. The molecule has 0 saturated heterocycles. The van der Waals surface area contributed by atoms with Gasteiger partial charge in [0.05, 0.1) is 12.2 Å². The van der Waals surface area contributed by atoms with Gasteiger partial charge >= 0.3 is 0 Å². The van der Waals surface area contributed by atoms with Gasteiger partial charge in [0.2, 0.25) is 5.91 Å². The van der Waals surface area contributed by atoms with Gasteiger partial charge in [-0.2, -0.15) is 0 Å². The molecule has 0 atom stereocenters. The molecule has 4 heteroatoms. The van der Waals surface area contributed by atoms with Crippen LogP contribution in [0.15, 0.2) is 18.2 Å². The second-order valence-electron chi connectivity index (χ2n) is 4.11. The molecule has 1 amide bonds. The number of hydrogen-bond acceptors (Lipinski definition) is 2. The maximum Gasteiger partial charge on any atom is 0.227 e. The predicted molar refractivity (Wildman–Crippen MR) is 63.8 cm³/mol. The highest BCUT2D eigenvalue weighted by atomic mass is 19.1. The summed E-state index contributed by atoms with van der Waals surface area (Å²) in [5, 5.41) is 0. The van der Waals surface area contributed by atoms with Gasteiger partial charge in [0.25, 0.3) is 0 Å². The van der Waals surface area contributed by atoms with Gasteiger partial charge in [0.1, 0.15) is 18.2 Å². The number of halogens is 1. The van der Waals surface area contributed by atoms with Crippen LogP contribution in [0.5, 0.6) is 5.75 Å². The second-order valence-corrected chi connectivity index (χ2v) is 4.11. The van der Waals surface area contributed by atoms with E-state index >= 15 is 0 Å². The zero-order valence-electron chi connectivity index (χ0n) is 9.91. The zero-order chi connectivity index (χ0) is 12.3. The predicted octanol–water partition coefficient (Wildman–Crippen LogP) is 2.74. The number of carbonyl (C=O) groups is 1. The number of amides is 1. The van der Waals surface area contributed by atoms with Crippen molar-refractivity contribution in [2.45, 2.75) is 26.2 Å². The Balaban J connectivity index is 2.21. The van der Waals surface area contributed by atoms with Gasteiger partial charge in [-0.25, -0.2) is 4.39 Å². The molecular weight excluding hydrogens is 221 g/mol. The molecule has 3 nitrogen and oxygen atoms in total. The number of hydrogen-bond donors (Lipinski definition) is 0. The standard InChI is InChI=1S/C13H16FNO2/c1-2-3-4-13(16)15-7-8-17-12-6-5-10(14)9-11(12)15/h5-6,9H,2-4,7-8H2,1H3. The third-order valence-corrected chi connectivity index (χ3v) is 2.83. The van der Waals surface area contributed by atoms with E-state index in [9.17, 15) is 9.18 Å². The SMILES string of the molecule is CCCCC(=O)N1CCOc2ccc(F)cc21. The van der Waals surface area contributed by atoms with E-state index in [2.05, 4.69) is 0 Å². The molecule has 2 rings (SSSR count). The third kappa shape index (κ3) is 2.57. The first-order valence-electron chi connectivity index (χ1n) is 5.95. The highest BCUT2D eigenvalue weighted by molar-refractivity contribution is 5.95. The lowest BCUT2D eigenvalue weighted by atomic mass is 10.2. The van der Waals surface area contributed by atoms with E-state index in [-0.39, 0.29) is 11.7 Å². The number of benzene rings is 1. The number of rotatable bonds is 3. The summed E-state index contributed by atoms with van der Waals surface area (Å²) in [6.07, 6.45) is 2.35. The largest absolute Gasteiger partial charge is 0.490 e. The molecule has 17 heavy (non-hydrogen) atoms. The van der Waals surface area contributed by atoms with Crippen LogP contribution in [0.25, 0.3) is 0 Å². The Morgan fingerprint density at radius 2 is 2.35 bits per heavy atom. The fourth-order valence-electron chi connectivity index (χ4n) is 1.91. The van der Waals surface area contributed by atoms with Crippen LogP contribution in [0.1, 0.15) is 26.2 Å². The van der Waals surface area contributed by atoms with E-state index in [4.69, 9.17) is 4.74 Å². The van der Waals surface area contributed by atoms with Crippen LogP contribution < -0.4 is 9.64 Å². The van der Waals surface area contributed by atoms with Crippen LogP contribution in [0.4, 0.5) is 10.1 Å². The van der Waals surface area contributed by atoms with Gasteiger partial charge in [-0.15, -0.1) is 0 Å². The molecule has 0 bridgehead atoms. The molecule has 0 unspecified atom stereocenters. The summed E-state index contributed by atoms with van der Waals surface area (Å²) in [5.74, 6) is 0.284. The van der Waals surface area contributed by atoms with Crippen LogP contribution in [0.2, 0.25) is 0 Å².